The zero-order valence-corrected chi connectivity index (χ0v) is 11.7. The van der Waals surface area contributed by atoms with Crippen LogP contribution >= 0.6 is 0 Å². The second kappa shape index (κ2) is 7.58. The van der Waals surface area contributed by atoms with Crippen molar-refractivity contribution in [2.75, 3.05) is 33.2 Å². The second-order valence-electron chi connectivity index (χ2n) is 5.23. The lowest BCUT2D eigenvalue weighted by Gasteiger charge is -2.32. The topological polar surface area (TPSA) is 27.3 Å². The van der Waals surface area contributed by atoms with Gasteiger partial charge in [0.2, 0.25) is 0 Å². The van der Waals surface area contributed by atoms with Crippen LogP contribution in [0.5, 0.6) is 0 Å². The quantitative estimate of drug-likeness (QED) is 0.818. The van der Waals surface area contributed by atoms with Crippen molar-refractivity contribution < 1.29 is 4.39 Å². The highest BCUT2D eigenvalue weighted by atomic mass is 19.1. The molecule has 1 fully saturated rings. The number of nitrogens with one attached hydrogen (secondary N) is 2. The number of nitrogens with zero attached hydrogens (tertiary/aromatic N) is 1. The van der Waals surface area contributed by atoms with Crippen molar-refractivity contribution in [2.45, 2.75) is 25.4 Å². The number of benzene rings is 1. The third kappa shape index (κ3) is 4.90. The van der Waals surface area contributed by atoms with Crippen LogP contribution in [0.2, 0.25) is 0 Å². The number of hydrogen-bond donors (Lipinski definition) is 2. The molecule has 19 heavy (non-hydrogen) atoms. The van der Waals surface area contributed by atoms with Gasteiger partial charge in [-0.3, -0.25) is 0 Å². The number of rotatable bonds is 6. The zero-order chi connectivity index (χ0) is 13.5. The molecule has 0 radical (unpaired) electrons. The molecular formula is C15H24FN3. The Balaban J connectivity index is 1.68. The Labute approximate surface area is 115 Å². The fourth-order valence-electron chi connectivity index (χ4n) is 2.54. The van der Waals surface area contributed by atoms with Gasteiger partial charge in [-0.05, 0) is 50.7 Å². The highest BCUT2D eigenvalue weighted by Gasteiger charge is 2.17. The monoisotopic (exact) mass is 265 g/mol. The van der Waals surface area contributed by atoms with Crippen LogP contribution in [0.15, 0.2) is 24.3 Å². The highest BCUT2D eigenvalue weighted by molar-refractivity contribution is 5.16. The average molecular weight is 265 g/mol. The summed E-state index contributed by atoms with van der Waals surface area (Å²) in [6, 6.07) is 7.40. The number of halogens is 1. The summed E-state index contributed by atoms with van der Waals surface area (Å²) in [7, 11) is 1.99. The lowest BCUT2D eigenvalue weighted by Crippen LogP contribution is -2.44. The van der Waals surface area contributed by atoms with Crippen LogP contribution in [0.3, 0.4) is 0 Å². The van der Waals surface area contributed by atoms with E-state index in [0.717, 1.165) is 38.3 Å². The molecule has 2 N–H and O–H groups in total. The van der Waals surface area contributed by atoms with E-state index in [0.29, 0.717) is 6.04 Å². The summed E-state index contributed by atoms with van der Waals surface area (Å²) in [6.07, 6.45) is 2.36. The molecule has 1 heterocycles. The molecule has 2 rings (SSSR count). The van der Waals surface area contributed by atoms with Crippen molar-refractivity contribution in [1.82, 2.24) is 15.5 Å². The molecular weight excluding hydrogens is 241 g/mol. The van der Waals surface area contributed by atoms with Crippen LogP contribution in [-0.2, 0) is 6.54 Å². The number of piperidine rings is 1. The molecule has 0 aliphatic carbocycles. The van der Waals surface area contributed by atoms with Gasteiger partial charge in [-0.15, -0.1) is 0 Å². The van der Waals surface area contributed by atoms with Crippen molar-refractivity contribution in [3.8, 4) is 0 Å². The SMILES string of the molecule is CNCCN1CCC(NCc2cccc(F)c2)CC1. The van der Waals surface area contributed by atoms with Gasteiger partial charge >= 0.3 is 0 Å². The van der Waals surface area contributed by atoms with Crippen molar-refractivity contribution >= 4 is 0 Å². The maximum atomic E-state index is 13.1. The Morgan fingerprint density at radius 1 is 1.32 bits per heavy atom. The Hall–Kier alpha value is -0.970. The summed E-state index contributed by atoms with van der Waals surface area (Å²) in [5, 5.41) is 6.72. The molecule has 0 unspecified atom stereocenters. The number of hydrogen-bond acceptors (Lipinski definition) is 3. The van der Waals surface area contributed by atoms with Crippen molar-refractivity contribution in [1.29, 1.82) is 0 Å². The van der Waals surface area contributed by atoms with Gasteiger partial charge in [0.25, 0.3) is 0 Å². The molecule has 0 amide bonds. The van der Waals surface area contributed by atoms with Gasteiger partial charge in [0.05, 0.1) is 0 Å². The summed E-state index contributed by atoms with van der Waals surface area (Å²) < 4.78 is 13.1. The van der Waals surface area contributed by atoms with Crippen molar-refractivity contribution in [3.05, 3.63) is 35.6 Å². The van der Waals surface area contributed by atoms with E-state index in [2.05, 4.69) is 15.5 Å². The second-order valence-corrected chi connectivity index (χ2v) is 5.23. The molecule has 0 atom stereocenters. The van der Waals surface area contributed by atoms with Crippen LogP contribution in [0.4, 0.5) is 4.39 Å². The maximum Gasteiger partial charge on any atom is 0.123 e. The summed E-state index contributed by atoms with van der Waals surface area (Å²) >= 11 is 0. The summed E-state index contributed by atoms with van der Waals surface area (Å²) in [5.74, 6) is -0.152. The van der Waals surface area contributed by atoms with Crippen molar-refractivity contribution in [3.63, 3.8) is 0 Å². The van der Waals surface area contributed by atoms with Gasteiger partial charge in [0.15, 0.2) is 0 Å². The first kappa shape index (κ1) is 14.4. The fraction of sp³-hybridized carbons (Fsp3) is 0.600. The fourth-order valence-corrected chi connectivity index (χ4v) is 2.54. The Bertz CT molecular complexity index is 375. The van der Waals surface area contributed by atoms with Crippen LogP contribution in [-0.4, -0.2) is 44.2 Å². The third-order valence-electron chi connectivity index (χ3n) is 3.75. The molecule has 1 saturated heterocycles. The van der Waals surface area contributed by atoms with Gasteiger partial charge in [-0.1, -0.05) is 12.1 Å². The molecule has 1 aromatic carbocycles. The van der Waals surface area contributed by atoms with Crippen LogP contribution in [0.25, 0.3) is 0 Å². The van der Waals surface area contributed by atoms with Crippen LogP contribution < -0.4 is 10.6 Å². The molecule has 1 aliphatic rings. The van der Waals surface area contributed by atoms with Gasteiger partial charge in [0.1, 0.15) is 5.82 Å². The summed E-state index contributed by atoms with van der Waals surface area (Å²) in [6.45, 7) is 5.26. The lowest BCUT2D eigenvalue weighted by atomic mass is 10.0. The number of likely N-dealkylation sites (N-methyl/N-ethyl adjacent to an activating group) is 1. The van der Waals surface area contributed by atoms with E-state index in [1.54, 1.807) is 12.1 Å². The van der Waals surface area contributed by atoms with Gasteiger partial charge in [0, 0.05) is 25.7 Å². The summed E-state index contributed by atoms with van der Waals surface area (Å²) in [4.78, 5) is 2.50. The molecule has 0 saturated carbocycles. The predicted octanol–water partition coefficient (Wildman–Crippen LogP) is 1.60. The summed E-state index contributed by atoms with van der Waals surface area (Å²) in [5.41, 5.74) is 1.03. The standard InChI is InChI=1S/C15H24FN3/c1-17-7-10-19-8-5-15(6-9-19)18-12-13-3-2-4-14(16)11-13/h2-4,11,15,17-18H,5-10,12H2,1H3. The van der Waals surface area contributed by atoms with E-state index in [1.165, 1.54) is 18.9 Å². The molecule has 0 spiro atoms. The van der Waals surface area contributed by atoms with Crippen LogP contribution in [0, 0.1) is 5.82 Å². The Kier molecular flexibility index (Phi) is 5.76. The molecule has 0 bridgehead atoms. The molecule has 106 valence electrons. The van der Waals surface area contributed by atoms with Crippen molar-refractivity contribution in [2.24, 2.45) is 0 Å². The zero-order valence-electron chi connectivity index (χ0n) is 11.7. The molecule has 3 nitrogen and oxygen atoms in total. The molecule has 1 aromatic rings. The Morgan fingerprint density at radius 2 is 2.11 bits per heavy atom. The molecule has 0 aromatic heterocycles. The smallest absolute Gasteiger partial charge is 0.123 e. The van der Waals surface area contributed by atoms with Gasteiger partial charge in [-0.25, -0.2) is 4.39 Å². The van der Waals surface area contributed by atoms with E-state index in [1.807, 2.05) is 13.1 Å². The predicted molar refractivity (Wildman–Crippen MR) is 76.6 cm³/mol. The maximum absolute atomic E-state index is 13.1. The van der Waals surface area contributed by atoms with E-state index in [-0.39, 0.29) is 5.82 Å². The number of likely N-dealkylation sites (tertiary alicyclic amines) is 1. The van der Waals surface area contributed by atoms with Gasteiger partial charge in [-0.2, -0.15) is 0 Å². The first-order valence-corrected chi connectivity index (χ1v) is 7.12. The average Bonchev–Trinajstić information content (AvgIpc) is 2.44. The molecule has 4 heteroatoms. The minimum Gasteiger partial charge on any atom is -0.318 e. The minimum atomic E-state index is -0.152. The largest absolute Gasteiger partial charge is 0.318 e. The van der Waals surface area contributed by atoms with E-state index in [9.17, 15) is 4.39 Å². The Morgan fingerprint density at radius 3 is 2.79 bits per heavy atom. The van der Waals surface area contributed by atoms with Gasteiger partial charge < -0.3 is 15.5 Å². The van der Waals surface area contributed by atoms with E-state index in [4.69, 9.17) is 0 Å². The lowest BCUT2D eigenvalue weighted by molar-refractivity contribution is 0.199. The van der Waals surface area contributed by atoms with E-state index >= 15 is 0 Å². The van der Waals surface area contributed by atoms with Crippen LogP contribution in [0.1, 0.15) is 18.4 Å². The highest BCUT2D eigenvalue weighted by Crippen LogP contribution is 2.11. The molecule has 1 aliphatic heterocycles. The first-order valence-electron chi connectivity index (χ1n) is 7.12. The third-order valence-corrected chi connectivity index (χ3v) is 3.75. The first-order chi connectivity index (χ1) is 9.28. The normalized spacial score (nSPS) is 17.8. The van der Waals surface area contributed by atoms with E-state index < -0.39 is 0 Å². The minimum absolute atomic E-state index is 0.152.